The zero-order chi connectivity index (χ0) is 22.5. The summed E-state index contributed by atoms with van der Waals surface area (Å²) >= 11 is 0. The van der Waals surface area contributed by atoms with Gasteiger partial charge in [0.25, 0.3) is 5.91 Å². The van der Waals surface area contributed by atoms with E-state index < -0.39 is 6.09 Å². The van der Waals surface area contributed by atoms with E-state index in [1.807, 2.05) is 30.3 Å². The van der Waals surface area contributed by atoms with Gasteiger partial charge in [0.2, 0.25) is 0 Å². The Labute approximate surface area is 183 Å². The fourth-order valence-corrected chi connectivity index (χ4v) is 3.31. The van der Waals surface area contributed by atoms with Gasteiger partial charge < -0.3 is 14.7 Å². The van der Waals surface area contributed by atoms with Gasteiger partial charge in [0, 0.05) is 30.2 Å². The number of aliphatic hydroxyl groups excluding tert-OH is 1. The highest BCUT2D eigenvalue weighted by molar-refractivity contribution is 6.06. The summed E-state index contributed by atoms with van der Waals surface area (Å²) in [6.45, 7) is 0.0209. The predicted octanol–water partition coefficient (Wildman–Crippen LogP) is 3.21. The molecule has 3 heterocycles. The first-order chi connectivity index (χ1) is 15.6. The van der Waals surface area contributed by atoms with E-state index in [4.69, 9.17) is 0 Å². The van der Waals surface area contributed by atoms with Crippen LogP contribution < -0.4 is 10.2 Å². The maximum absolute atomic E-state index is 13.2. The Morgan fingerprint density at radius 1 is 1.06 bits per heavy atom. The molecule has 0 spiro atoms. The molecule has 32 heavy (non-hydrogen) atoms. The number of benzene rings is 1. The van der Waals surface area contributed by atoms with Crippen LogP contribution in [0.25, 0.3) is 16.9 Å². The number of aliphatic hydroxyl groups is 1. The number of hydrogen-bond acceptors (Lipinski definition) is 6. The van der Waals surface area contributed by atoms with Crippen molar-refractivity contribution in [3.63, 3.8) is 0 Å². The molecule has 0 radical (unpaired) electrons. The standard InChI is InChI=1S/C23H21N5O4/c1-32-23(31)26-20-9-7-16(13-24-20)19-14-25-21-10-8-17(15-28(19)21)22(30)27(11-12-29)18-5-3-2-4-6-18/h2-10,13-15,29H,11-12H2,1H3,(H,24,26,31). The summed E-state index contributed by atoms with van der Waals surface area (Å²) in [5, 5.41) is 12.0. The normalized spacial score (nSPS) is 10.7. The fraction of sp³-hybridized carbons (Fsp3) is 0.130. The summed E-state index contributed by atoms with van der Waals surface area (Å²) in [6.07, 6.45) is 4.41. The molecule has 0 aliphatic heterocycles. The van der Waals surface area contributed by atoms with Gasteiger partial charge in [-0.15, -0.1) is 0 Å². The summed E-state index contributed by atoms with van der Waals surface area (Å²) in [5.41, 5.74) is 3.32. The molecular formula is C23H21N5O4. The van der Waals surface area contributed by atoms with Crippen LogP contribution in [-0.2, 0) is 4.74 Å². The summed E-state index contributed by atoms with van der Waals surface area (Å²) in [6, 6.07) is 16.1. The molecule has 0 bridgehead atoms. The molecule has 0 saturated carbocycles. The van der Waals surface area contributed by atoms with E-state index in [0.29, 0.717) is 22.7 Å². The minimum atomic E-state index is -0.603. The second-order valence-corrected chi connectivity index (χ2v) is 6.85. The maximum Gasteiger partial charge on any atom is 0.412 e. The van der Waals surface area contributed by atoms with Crippen molar-refractivity contribution < 1.29 is 19.4 Å². The van der Waals surface area contributed by atoms with E-state index in [9.17, 15) is 14.7 Å². The average Bonchev–Trinajstić information content (AvgIpc) is 3.26. The Bertz CT molecular complexity index is 1240. The summed E-state index contributed by atoms with van der Waals surface area (Å²) in [7, 11) is 1.28. The van der Waals surface area contributed by atoms with Gasteiger partial charge in [0.15, 0.2) is 0 Å². The highest BCUT2D eigenvalue weighted by Crippen LogP contribution is 2.23. The molecule has 0 saturated heterocycles. The van der Waals surface area contributed by atoms with Crippen LogP contribution in [0, 0.1) is 0 Å². The maximum atomic E-state index is 13.2. The highest BCUT2D eigenvalue weighted by Gasteiger charge is 2.18. The lowest BCUT2D eigenvalue weighted by Gasteiger charge is -2.22. The number of pyridine rings is 2. The first-order valence-electron chi connectivity index (χ1n) is 9.87. The molecule has 9 heteroatoms. The van der Waals surface area contributed by atoms with Gasteiger partial charge in [-0.1, -0.05) is 18.2 Å². The van der Waals surface area contributed by atoms with E-state index in [-0.39, 0.29) is 19.1 Å². The molecule has 9 nitrogen and oxygen atoms in total. The van der Waals surface area contributed by atoms with Crippen molar-refractivity contribution in [1.82, 2.24) is 14.4 Å². The van der Waals surface area contributed by atoms with E-state index in [1.54, 1.807) is 47.3 Å². The Morgan fingerprint density at radius 3 is 2.56 bits per heavy atom. The van der Waals surface area contributed by atoms with Crippen LogP contribution in [0.2, 0.25) is 0 Å². The summed E-state index contributed by atoms with van der Waals surface area (Å²) in [5.74, 6) is 0.121. The molecule has 0 unspecified atom stereocenters. The third-order valence-electron chi connectivity index (χ3n) is 4.86. The Kier molecular flexibility index (Phi) is 6.09. The second-order valence-electron chi connectivity index (χ2n) is 6.85. The lowest BCUT2D eigenvalue weighted by Crippen LogP contribution is -2.33. The van der Waals surface area contributed by atoms with E-state index >= 15 is 0 Å². The minimum Gasteiger partial charge on any atom is -0.453 e. The number of ether oxygens (including phenoxy) is 1. The molecule has 4 aromatic rings. The van der Waals surface area contributed by atoms with Crippen molar-refractivity contribution in [3.05, 3.63) is 78.8 Å². The van der Waals surface area contributed by atoms with Gasteiger partial charge in [0.05, 0.1) is 31.2 Å². The number of fused-ring (bicyclic) bond motifs is 1. The number of carbonyl (C=O) groups excluding carboxylic acids is 2. The number of anilines is 2. The number of nitrogens with one attached hydrogen (secondary N) is 1. The molecule has 162 valence electrons. The first kappa shape index (κ1) is 21.0. The average molecular weight is 431 g/mol. The predicted molar refractivity (Wildman–Crippen MR) is 120 cm³/mol. The van der Waals surface area contributed by atoms with E-state index in [2.05, 4.69) is 20.0 Å². The largest absolute Gasteiger partial charge is 0.453 e. The molecule has 3 aromatic heterocycles. The lowest BCUT2D eigenvalue weighted by atomic mass is 10.2. The Morgan fingerprint density at radius 2 is 1.88 bits per heavy atom. The summed E-state index contributed by atoms with van der Waals surface area (Å²) in [4.78, 5) is 34.7. The van der Waals surface area contributed by atoms with Gasteiger partial charge in [-0.3, -0.25) is 14.5 Å². The van der Waals surface area contributed by atoms with Gasteiger partial charge in [0.1, 0.15) is 11.5 Å². The zero-order valence-electron chi connectivity index (χ0n) is 17.3. The molecule has 0 atom stereocenters. The van der Waals surface area contributed by atoms with Gasteiger partial charge in [-0.05, 0) is 36.4 Å². The van der Waals surface area contributed by atoms with Crippen molar-refractivity contribution in [2.24, 2.45) is 0 Å². The number of imidazole rings is 1. The lowest BCUT2D eigenvalue weighted by molar-refractivity contribution is 0.0980. The number of carbonyl (C=O) groups is 2. The van der Waals surface area contributed by atoms with Gasteiger partial charge in [-0.2, -0.15) is 0 Å². The number of para-hydroxylation sites is 1. The van der Waals surface area contributed by atoms with Crippen LogP contribution in [-0.4, -0.2) is 51.7 Å². The third-order valence-corrected chi connectivity index (χ3v) is 4.86. The van der Waals surface area contributed by atoms with E-state index in [1.165, 1.54) is 12.0 Å². The Balaban J connectivity index is 1.66. The van der Waals surface area contributed by atoms with E-state index in [0.717, 1.165) is 11.3 Å². The molecule has 2 N–H and O–H groups in total. The number of aromatic nitrogens is 3. The Hall–Kier alpha value is -4.24. The molecule has 0 aliphatic carbocycles. The molecule has 1 aromatic carbocycles. The number of hydrogen-bond donors (Lipinski definition) is 2. The number of methoxy groups -OCH3 is 1. The van der Waals surface area contributed by atoms with Crippen LogP contribution in [0.3, 0.4) is 0 Å². The van der Waals surface area contributed by atoms with Crippen LogP contribution in [0.1, 0.15) is 10.4 Å². The van der Waals surface area contributed by atoms with Crippen LogP contribution in [0.15, 0.2) is 73.2 Å². The fourth-order valence-electron chi connectivity index (χ4n) is 3.31. The molecule has 0 aliphatic rings. The minimum absolute atomic E-state index is 0.156. The molecular weight excluding hydrogens is 410 g/mol. The second kappa shape index (κ2) is 9.27. The van der Waals surface area contributed by atoms with Crippen LogP contribution in [0.5, 0.6) is 0 Å². The topological polar surface area (TPSA) is 109 Å². The molecule has 2 amide bonds. The first-order valence-corrected chi connectivity index (χ1v) is 9.87. The zero-order valence-corrected chi connectivity index (χ0v) is 17.3. The monoisotopic (exact) mass is 431 g/mol. The number of rotatable bonds is 6. The SMILES string of the molecule is COC(=O)Nc1ccc(-c2cnc3ccc(C(=O)N(CCO)c4ccccc4)cn23)cn1. The molecule has 4 rings (SSSR count). The molecule has 0 fully saturated rings. The van der Waals surface area contributed by atoms with Crippen molar-refractivity contribution in [1.29, 1.82) is 0 Å². The van der Waals surface area contributed by atoms with Gasteiger partial charge in [-0.25, -0.2) is 14.8 Å². The van der Waals surface area contributed by atoms with Gasteiger partial charge >= 0.3 is 6.09 Å². The van der Waals surface area contributed by atoms with Crippen molar-refractivity contribution in [2.45, 2.75) is 0 Å². The smallest absolute Gasteiger partial charge is 0.412 e. The quantitative estimate of drug-likeness (QED) is 0.485. The van der Waals surface area contributed by atoms with Crippen molar-refractivity contribution >= 4 is 29.2 Å². The highest BCUT2D eigenvalue weighted by atomic mass is 16.5. The van der Waals surface area contributed by atoms with Crippen molar-refractivity contribution in [2.75, 3.05) is 30.5 Å². The van der Waals surface area contributed by atoms with Crippen LogP contribution >= 0.6 is 0 Å². The number of nitrogens with zero attached hydrogens (tertiary/aromatic N) is 4. The van der Waals surface area contributed by atoms with Crippen LogP contribution in [0.4, 0.5) is 16.3 Å². The summed E-state index contributed by atoms with van der Waals surface area (Å²) < 4.78 is 6.37. The van der Waals surface area contributed by atoms with Crippen molar-refractivity contribution in [3.8, 4) is 11.3 Å². The third kappa shape index (κ3) is 4.28. The number of amides is 2.